The monoisotopic (exact) mass is 384 g/mol. The molecule has 0 spiro atoms. The van der Waals surface area contributed by atoms with Gasteiger partial charge in [-0.05, 0) is 48.1 Å². The maximum Gasteiger partial charge on any atom is 0.281 e. The van der Waals surface area contributed by atoms with E-state index in [-0.39, 0.29) is 5.91 Å². The maximum atomic E-state index is 13.0. The number of carbonyl (C=O) groups is 1. The number of rotatable bonds is 5. The van der Waals surface area contributed by atoms with Crippen molar-refractivity contribution in [2.75, 3.05) is 33.3 Å². The first-order valence-electron chi connectivity index (χ1n) is 8.20. The van der Waals surface area contributed by atoms with E-state index >= 15 is 0 Å². The quantitative estimate of drug-likeness (QED) is 0.582. The van der Waals surface area contributed by atoms with E-state index in [0.717, 1.165) is 11.3 Å². The third-order valence-electron chi connectivity index (χ3n) is 4.27. The van der Waals surface area contributed by atoms with Crippen molar-refractivity contribution in [3.05, 3.63) is 53.7 Å². The fraction of sp³-hybridized carbons (Fsp3) is 0.200. The molecule has 1 aliphatic rings. The number of ether oxygens (including phenoxy) is 3. The predicted molar refractivity (Wildman–Crippen MR) is 108 cm³/mol. The highest BCUT2D eigenvalue weighted by Gasteiger charge is 2.36. The molecule has 0 aliphatic carbocycles. The Kier molecular flexibility index (Phi) is 5.32. The van der Waals surface area contributed by atoms with Crippen LogP contribution in [-0.2, 0) is 4.79 Å². The zero-order valence-corrected chi connectivity index (χ0v) is 16.4. The first kappa shape index (κ1) is 18.7. The van der Waals surface area contributed by atoms with E-state index in [2.05, 4.69) is 0 Å². The van der Waals surface area contributed by atoms with Crippen LogP contribution >= 0.6 is 12.2 Å². The fourth-order valence-corrected chi connectivity index (χ4v) is 3.19. The van der Waals surface area contributed by atoms with Gasteiger partial charge in [0.2, 0.25) is 5.75 Å². The summed E-state index contributed by atoms with van der Waals surface area (Å²) in [4.78, 5) is 16.2. The summed E-state index contributed by atoms with van der Waals surface area (Å²) in [7, 11) is 6.41. The lowest BCUT2D eigenvalue weighted by molar-refractivity contribution is -0.114. The summed E-state index contributed by atoms with van der Waals surface area (Å²) in [5.41, 5.74) is 1.92. The van der Waals surface area contributed by atoms with Crippen molar-refractivity contribution in [3.8, 4) is 17.2 Å². The van der Waals surface area contributed by atoms with E-state index in [0.29, 0.717) is 28.1 Å². The number of nitrogens with zero attached hydrogens (tertiary/aromatic N) is 2. The number of hydrogen-bond acceptors (Lipinski definition) is 5. The molecule has 6 nitrogen and oxygen atoms in total. The van der Waals surface area contributed by atoms with Crippen molar-refractivity contribution < 1.29 is 19.0 Å². The first-order valence-corrected chi connectivity index (χ1v) is 8.61. The van der Waals surface area contributed by atoms with Gasteiger partial charge in [-0.3, -0.25) is 9.69 Å². The molecule has 0 aromatic heterocycles. The maximum absolute atomic E-state index is 13.0. The summed E-state index contributed by atoms with van der Waals surface area (Å²) in [6, 6.07) is 12.9. The molecule has 2 aromatic rings. The number of anilines is 1. The van der Waals surface area contributed by atoms with Crippen LogP contribution in [0.5, 0.6) is 17.2 Å². The fourth-order valence-electron chi connectivity index (χ4n) is 2.90. The van der Waals surface area contributed by atoms with Gasteiger partial charge >= 0.3 is 0 Å². The number of thiocarbonyl (C=S) groups is 1. The molecule has 140 valence electrons. The molecular weight excluding hydrogens is 364 g/mol. The number of benzene rings is 2. The van der Waals surface area contributed by atoms with Crippen molar-refractivity contribution in [3.63, 3.8) is 0 Å². The second kappa shape index (κ2) is 7.67. The molecule has 0 saturated carbocycles. The highest BCUT2D eigenvalue weighted by Crippen LogP contribution is 2.39. The molecule has 2 aromatic carbocycles. The van der Waals surface area contributed by atoms with Gasteiger partial charge in [0.1, 0.15) is 5.70 Å². The molecule has 27 heavy (non-hydrogen) atoms. The van der Waals surface area contributed by atoms with E-state index in [1.807, 2.05) is 30.3 Å². The SMILES string of the molecule is COc1cc(/C=C2\C(=O)N(c3ccccc3)C(=S)N2C)cc(OC)c1OC. The lowest BCUT2D eigenvalue weighted by atomic mass is 10.1. The minimum atomic E-state index is -0.192. The summed E-state index contributed by atoms with van der Waals surface area (Å²) in [6.07, 6.45) is 1.75. The largest absolute Gasteiger partial charge is 0.493 e. The minimum Gasteiger partial charge on any atom is -0.493 e. The van der Waals surface area contributed by atoms with Crippen molar-refractivity contribution in [2.45, 2.75) is 0 Å². The topological polar surface area (TPSA) is 51.2 Å². The van der Waals surface area contributed by atoms with Gasteiger partial charge in [0.15, 0.2) is 16.6 Å². The van der Waals surface area contributed by atoms with Crippen LogP contribution in [0.15, 0.2) is 48.2 Å². The van der Waals surface area contributed by atoms with Crippen LogP contribution in [0.2, 0.25) is 0 Å². The molecule has 7 heteroatoms. The van der Waals surface area contributed by atoms with Crippen LogP contribution in [0.3, 0.4) is 0 Å². The van der Waals surface area contributed by atoms with Crippen molar-refractivity contribution >= 4 is 35.0 Å². The van der Waals surface area contributed by atoms with Crippen molar-refractivity contribution in [1.29, 1.82) is 0 Å². The zero-order chi connectivity index (χ0) is 19.6. The number of para-hydroxylation sites is 1. The molecule has 1 aliphatic heterocycles. The number of methoxy groups -OCH3 is 3. The van der Waals surface area contributed by atoms with Gasteiger partial charge in [-0.25, -0.2) is 0 Å². The number of carbonyl (C=O) groups excluding carboxylic acids is 1. The van der Waals surface area contributed by atoms with Crippen LogP contribution in [0.1, 0.15) is 5.56 Å². The highest BCUT2D eigenvalue weighted by atomic mass is 32.1. The van der Waals surface area contributed by atoms with Gasteiger partial charge in [0.25, 0.3) is 5.91 Å². The number of hydrogen-bond donors (Lipinski definition) is 0. The molecule has 0 bridgehead atoms. The summed E-state index contributed by atoms with van der Waals surface area (Å²) in [5, 5.41) is 0.421. The van der Waals surface area contributed by atoms with Gasteiger partial charge in [-0.15, -0.1) is 0 Å². The third-order valence-corrected chi connectivity index (χ3v) is 4.72. The highest BCUT2D eigenvalue weighted by molar-refractivity contribution is 7.80. The van der Waals surface area contributed by atoms with E-state index < -0.39 is 0 Å². The van der Waals surface area contributed by atoms with Gasteiger partial charge in [0, 0.05) is 7.05 Å². The Labute approximate surface area is 163 Å². The van der Waals surface area contributed by atoms with Crippen LogP contribution in [0, 0.1) is 0 Å². The molecule has 1 saturated heterocycles. The summed E-state index contributed by atoms with van der Waals surface area (Å²) in [5.74, 6) is 1.33. The molecule has 0 radical (unpaired) electrons. The number of likely N-dealkylation sites (N-methyl/N-ethyl adjacent to an activating group) is 1. The molecular formula is C20H20N2O4S. The molecule has 1 heterocycles. The molecule has 1 fully saturated rings. The first-order chi connectivity index (χ1) is 13.0. The van der Waals surface area contributed by atoms with Crippen LogP contribution in [0.4, 0.5) is 5.69 Å². The Hall–Kier alpha value is -3.06. The van der Waals surface area contributed by atoms with E-state index in [1.54, 1.807) is 51.5 Å². The van der Waals surface area contributed by atoms with Crippen LogP contribution in [0.25, 0.3) is 6.08 Å². The third kappa shape index (κ3) is 3.33. The standard InChI is InChI=1S/C20H20N2O4S/c1-21-15(19(23)22(20(21)27)14-8-6-5-7-9-14)10-13-11-16(24-2)18(26-4)17(12-13)25-3/h5-12H,1-4H3/b15-10+. The van der Waals surface area contributed by atoms with Gasteiger partial charge in [0.05, 0.1) is 27.0 Å². The Morgan fingerprint density at radius 1 is 0.963 bits per heavy atom. The second-order valence-electron chi connectivity index (χ2n) is 5.81. The lowest BCUT2D eigenvalue weighted by Crippen LogP contribution is -2.30. The van der Waals surface area contributed by atoms with Gasteiger partial charge in [-0.2, -0.15) is 0 Å². The Morgan fingerprint density at radius 2 is 1.56 bits per heavy atom. The summed E-state index contributed by atoms with van der Waals surface area (Å²) in [6.45, 7) is 0. The average molecular weight is 384 g/mol. The molecule has 3 rings (SSSR count). The Bertz CT molecular complexity index is 886. The normalized spacial score (nSPS) is 15.5. The minimum absolute atomic E-state index is 0.192. The summed E-state index contributed by atoms with van der Waals surface area (Å²) >= 11 is 5.47. The number of amides is 1. The van der Waals surface area contributed by atoms with E-state index in [9.17, 15) is 4.79 Å². The van der Waals surface area contributed by atoms with Crippen LogP contribution < -0.4 is 19.1 Å². The lowest BCUT2D eigenvalue weighted by Gasteiger charge is -2.16. The predicted octanol–water partition coefficient (Wildman–Crippen LogP) is 3.32. The molecule has 0 N–H and O–H groups in total. The van der Waals surface area contributed by atoms with Crippen LogP contribution in [-0.4, -0.2) is 44.3 Å². The van der Waals surface area contributed by atoms with Crippen molar-refractivity contribution in [1.82, 2.24) is 4.90 Å². The molecule has 0 unspecified atom stereocenters. The smallest absolute Gasteiger partial charge is 0.281 e. The van der Waals surface area contributed by atoms with E-state index in [4.69, 9.17) is 26.4 Å². The Balaban J connectivity index is 2.05. The van der Waals surface area contributed by atoms with Gasteiger partial charge < -0.3 is 19.1 Å². The Morgan fingerprint density at radius 3 is 2.07 bits per heavy atom. The van der Waals surface area contributed by atoms with E-state index in [1.165, 1.54) is 4.90 Å². The zero-order valence-electron chi connectivity index (χ0n) is 15.6. The van der Waals surface area contributed by atoms with Gasteiger partial charge in [-0.1, -0.05) is 18.2 Å². The molecule has 0 atom stereocenters. The van der Waals surface area contributed by atoms with Crippen molar-refractivity contribution in [2.24, 2.45) is 0 Å². The average Bonchev–Trinajstić information content (AvgIpc) is 2.91. The molecule has 1 amide bonds. The second-order valence-corrected chi connectivity index (χ2v) is 6.17. The summed E-state index contributed by atoms with van der Waals surface area (Å²) < 4.78 is 16.1.